The van der Waals surface area contributed by atoms with Gasteiger partial charge in [0.2, 0.25) is 10.0 Å². The Morgan fingerprint density at radius 3 is 2.48 bits per heavy atom. The van der Waals surface area contributed by atoms with Crippen LogP contribution in [0.2, 0.25) is 0 Å². The lowest BCUT2D eigenvalue weighted by Crippen LogP contribution is -2.23. The first-order valence-corrected chi connectivity index (χ1v) is 10.0. The molecule has 0 bridgehead atoms. The molecule has 0 unspecified atom stereocenters. The minimum absolute atomic E-state index is 0.121. The maximum absolute atomic E-state index is 13.7. The lowest BCUT2D eigenvalue weighted by Gasteiger charge is -2.08. The number of sulfonamides is 1. The minimum atomic E-state index is -3.34. The van der Waals surface area contributed by atoms with Gasteiger partial charge in [0.05, 0.1) is 22.3 Å². The van der Waals surface area contributed by atoms with Crippen LogP contribution in [0.25, 0.3) is 11.0 Å². The maximum Gasteiger partial charge on any atom is 0.253 e. The summed E-state index contributed by atoms with van der Waals surface area (Å²) in [7, 11) is -1.98. The molecular weight excluding hydrogens is 391 g/mol. The number of amides is 1. The molecule has 7 nitrogen and oxygen atoms in total. The molecule has 4 N–H and O–H groups in total. The normalized spacial score (nSPS) is 11.6. The number of hydrogen-bond acceptors (Lipinski definition) is 4. The molecule has 3 rings (SSSR count). The second kappa shape index (κ2) is 7.59. The topological polar surface area (TPSA) is 107 Å². The molecule has 0 spiro atoms. The summed E-state index contributed by atoms with van der Waals surface area (Å²) in [5.74, 6) is -1.12. The molecule has 2 aromatic carbocycles. The molecule has 0 aliphatic heterocycles. The molecule has 0 aliphatic rings. The molecule has 1 heterocycles. The first-order chi connectivity index (χ1) is 12.8. The summed E-state index contributed by atoms with van der Waals surface area (Å²) in [5.41, 5.74) is 2.41. The van der Waals surface area contributed by atoms with Crippen molar-refractivity contribution in [3.63, 3.8) is 0 Å². The number of aromatic nitrogens is 2. The monoisotopic (exact) mass is 408 g/mol. The van der Waals surface area contributed by atoms with E-state index in [1.807, 2.05) is 0 Å². The third-order valence-electron chi connectivity index (χ3n) is 3.98. The first-order valence-electron chi connectivity index (χ1n) is 7.96. The Hall–Kier alpha value is -2.56. The fourth-order valence-corrected chi connectivity index (χ4v) is 3.60. The molecule has 142 valence electrons. The van der Waals surface area contributed by atoms with Crippen molar-refractivity contribution in [2.45, 2.75) is 12.3 Å². The number of imidazole rings is 1. The van der Waals surface area contributed by atoms with Crippen molar-refractivity contribution in [2.24, 2.45) is 0 Å². The second-order valence-electron chi connectivity index (χ2n) is 5.92. The third kappa shape index (κ3) is 4.59. The van der Waals surface area contributed by atoms with Crippen molar-refractivity contribution in [1.82, 2.24) is 20.0 Å². The molecule has 3 aromatic rings. The number of nitrogens with one attached hydrogen (secondary N) is 4. The highest BCUT2D eigenvalue weighted by Gasteiger charge is 2.14. The van der Waals surface area contributed by atoms with Gasteiger partial charge in [-0.15, -0.1) is 0 Å². The number of H-pyrrole nitrogens is 2. The number of benzene rings is 2. The highest BCUT2D eigenvalue weighted by Crippen LogP contribution is 2.18. The van der Waals surface area contributed by atoms with Gasteiger partial charge in [-0.25, -0.2) is 17.5 Å². The predicted octanol–water partition coefficient (Wildman–Crippen LogP) is 2.34. The summed E-state index contributed by atoms with van der Waals surface area (Å²) in [4.78, 5) is 18.1. The lowest BCUT2D eigenvalue weighted by molar-refractivity contribution is 0.0952. The summed E-state index contributed by atoms with van der Waals surface area (Å²) in [6, 6.07) is 9.22. The maximum atomic E-state index is 13.7. The summed E-state index contributed by atoms with van der Waals surface area (Å²) in [5, 5.41) is 2.72. The highest BCUT2D eigenvalue weighted by atomic mass is 32.2. The van der Waals surface area contributed by atoms with Gasteiger partial charge in [-0.3, -0.25) is 4.79 Å². The molecule has 1 amide bonds. The van der Waals surface area contributed by atoms with Gasteiger partial charge < -0.3 is 15.3 Å². The number of halogens is 1. The SMILES string of the molecule is CNS(=O)(=O)Cc1ccc(CNC(=O)c2cc(F)cc3[nH]c(=S)[nH]c23)cc1. The molecule has 10 heteroatoms. The van der Waals surface area contributed by atoms with Gasteiger partial charge in [0, 0.05) is 6.54 Å². The van der Waals surface area contributed by atoms with Crippen LogP contribution in [0.15, 0.2) is 36.4 Å². The van der Waals surface area contributed by atoms with E-state index < -0.39 is 21.7 Å². The van der Waals surface area contributed by atoms with Crippen molar-refractivity contribution < 1.29 is 17.6 Å². The van der Waals surface area contributed by atoms with Crippen molar-refractivity contribution in [3.05, 3.63) is 63.7 Å². The summed E-state index contributed by atoms with van der Waals surface area (Å²) in [6.07, 6.45) is 0. The summed E-state index contributed by atoms with van der Waals surface area (Å²) < 4.78 is 39.4. The van der Waals surface area contributed by atoms with Gasteiger partial charge in [0.25, 0.3) is 5.91 Å². The lowest BCUT2D eigenvalue weighted by atomic mass is 10.1. The van der Waals surface area contributed by atoms with Crippen LogP contribution in [0.1, 0.15) is 21.5 Å². The van der Waals surface area contributed by atoms with Crippen LogP contribution in [-0.4, -0.2) is 31.3 Å². The van der Waals surface area contributed by atoms with E-state index in [0.717, 1.165) is 11.6 Å². The molecule has 1 aromatic heterocycles. The highest BCUT2D eigenvalue weighted by molar-refractivity contribution is 7.88. The fourth-order valence-electron chi connectivity index (χ4n) is 2.61. The largest absolute Gasteiger partial charge is 0.348 e. The molecule has 27 heavy (non-hydrogen) atoms. The van der Waals surface area contributed by atoms with E-state index in [1.54, 1.807) is 24.3 Å². The Bertz CT molecular complexity index is 1150. The number of rotatable bonds is 6. The number of fused-ring (bicyclic) bond motifs is 1. The predicted molar refractivity (Wildman–Crippen MR) is 103 cm³/mol. The number of carbonyl (C=O) groups excluding carboxylic acids is 1. The second-order valence-corrected chi connectivity index (χ2v) is 8.25. The molecule has 0 radical (unpaired) electrons. The van der Waals surface area contributed by atoms with Crippen molar-refractivity contribution >= 4 is 39.2 Å². The summed E-state index contributed by atoms with van der Waals surface area (Å²) >= 11 is 4.99. The smallest absolute Gasteiger partial charge is 0.253 e. The zero-order chi connectivity index (χ0) is 19.6. The van der Waals surface area contributed by atoms with E-state index in [0.29, 0.717) is 21.4 Å². The Morgan fingerprint density at radius 2 is 1.81 bits per heavy atom. The first kappa shape index (κ1) is 19.2. The van der Waals surface area contributed by atoms with Gasteiger partial charge in [-0.05, 0) is 42.5 Å². The van der Waals surface area contributed by atoms with E-state index in [1.165, 1.54) is 13.1 Å². The van der Waals surface area contributed by atoms with E-state index in [-0.39, 0.29) is 17.9 Å². The van der Waals surface area contributed by atoms with Crippen LogP contribution in [0, 0.1) is 10.6 Å². The van der Waals surface area contributed by atoms with Crippen molar-refractivity contribution in [1.29, 1.82) is 0 Å². The molecular formula is C17H17FN4O3S2. The molecule has 0 saturated heterocycles. The van der Waals surface area contributed by atoms with Gasteiger partial charge in [-0.2, -0.15) is 0 Å². The van der Waals surface area contributed by atoms with E-state index in [4.69, 9.17) is 12.2 Å². The number of carbonyl (C=O) groups is 1. The van der Waals surface area contributed by atoms with E-state index >= 15 is 0 Å². The molecule has 0 atom stereocenters. The number of aromatic amines is 2. The fraction of sp³-hybridized carbons (Fsp3) is 0.176. The van der Waals surface area contributed by atoms with Gasteiger partial charge in [0.15, 0.2) is 4.77 Å². The molecule has 0 aliphatic carbocycles. The Labute approximate surface area is 160 Å². The average molecular weight is 408 g/mol. The Balaban J connectivity index is 1.72. The molecule has 0 fully saturated rings. The van der Waals surface area contributed by atoms with Crippen molar-refractivity contribution in [2.75, 3.05) is 7.05 Å². The summed E-state index contributed by atoms with van der Waals surface area (Å²) in [6.45, 7) is 0.209. The Morgan fingerprint density at radius 1 is 1.15 bits per heavy atom. The average Bonchev–Trinajstić information content (AvgIpc) is 2.99. The van der Waals surface area contributed by atoms with Gasteiger partial charge >= 0.3 is 0 Å². The van der Waals surface area contributed by atoms with Crippen LogP contribution in [0.4, 0.5) is 4.39 Å². The number of hydrogen-bond donors (Lipinski definition) is 4. The van der Waals surface area contributed by atoms with Gasteiger partial charge in [0.1, 0.15) is 5.82 Å². The standard InChI is InChI=1S/C17H17FN4O3S2/c1-19-27(24,25)9-11-4-2-10(3-5-11)8-20-16(23)13-6-12(18)7-14-15(13)22-17(26)21-14/h2-7,19H,8-9H2,1H3,(H,20,23)(H2,21,22,26). The van der Waals surface area contributed by atoms with Crippen LogP contribution in [-0.2, 0) is 22.3 Å². The van der Waals surface area contributed by atoms with Gasteiger partial charge in [-0.1, -0.05) is 24.3 Å². The van der Waals surface area contributed by atoms with Crippen LogP contribution in [0.5, 0.6) is 0 Å². The van der Waals surface area contributed by atoms with Crippen LogP contribution >= 0.6 is 12.2 Å². The quantitative estimate of drug-likeness (QED) is 0.470. The zero-order valence-corrected chi connectivity index (χ0v) is 15.9. The Kier molecular flexibility index (Phi) is 5.40. The van der Waals surface area contributed by atoms with Crippen LogP contribution < -0.4 is 10.0 Å². The zero-order valence-electron chi connectivity index (χ0n) is 14.3. The molecule has 0 saturated carbocycles. The third-order valence-corrected chi connectivity index (χ3v) is 5.52. The van der Waals surface area contributed by atoms with Crippen molar-refractivity contribution in [3.8, 4) is 0 Å². The van der Waals surface area contributed by atoms with E-state index in [9.17, 15) is 17.6 Å². The van der Waals surface area contributed by atoms with E-state index in [2.05, 4.69) is 20.0 Å². The minimum Gasteiger partial charge on any atom is -0.348 e. The van der Waals surface area contributed by atoms with Crippen LogP contribution in [0.3, 0.4) is 0 Å².